The lowest BCUT2D eigenvalue weighted by molar-refractivity contribution is 0.541. The lowest BCUT2D eigenvalue weighted by Crippen LogP contribution is -2.02. The Bertz CT molecular complexity index is 3230. The molecule has 0 amide bonds. The highest BCUT2D eigenvalue weighted by Crippen LogP contribution is 2.49. The molecule has 6 aromatic heterocycles. The maximum absolute atomic E-state index is 2.83. The molecule has 0 bridgehead atoms. The van der Waals surface area contributed by atoms with Gasteiger partial charge in [0.15, 0.2) is 0 Å². The van der Waals surface area contributed by atoms with Crippen LogP contribution in [0.25, 0.3) is 102 Å². The van der Waals surface area contributed by atoms with Crippen LogP contribution in [-0.2, 0) is 19.6 Å². The standard InChI is InChI=1S/C78H99N3S3/c1-4-7-10-13-16-19-22-25-28-31-52-79-70-49-43-61(40-46-64-37-34-55-82-64)58-67(70)73-76(79)74-68-59-62(41-47-65-38-35-56-83-65)44-50-71(68)80(53-32-29-26-23-20-17-14-11-8-5-2)78(74)75-69-60-63(42-48-66-39-36-57-84-66)45-51-72(69)81(77(73)75)54-33-30-27-24-21-18-15-12-9-6-3/h34-51,55-60H,4-33,52-54H2,1-3H3/b46-40+,47-41+,48-42+. The molecule has 0 aliphatic rings. The summed E-state index contributed by atoms with van der Waals surface area (Å²) >= 11 is 5.45. The van der Waals surface area contributed by atoms with Crippen LogP contribution in [0.4, 0.5) is 0 Å². The smallest absolute Gasteiger partial charge is 0.0614 e. The quantitative estimate of drug-likeness (QED) is 0.0341. The fourth-order valence-electron chi connectivity index (χ4n) is 13.6. The number of benzene rings is 4. The second-order valence-corrected chi connectivity index (χ2v) is 27.5. The lowest BCUT2D eigenvalue weighted by Gasteiger charge is -2.13. The van der Waals surface area contributed by atoms with E-state index in [1.807, 2.05) is 34.0 Å². The summed E-state index contributed by atoms with van der Waals surface area (Å²) in [7, 11) is 0. The van der Waals surface area contributed by atoms with Gasteiger partial charge in [-0.2, -0.15) is 0 Å². The van der Waals surface area contributed by atoms with Gasteiger partial charge in [-0.15, -0.1) is 34.0 Å². The van der Waals surface area contributed by atoms with Gasteiger partial charge in [0.2, 0.25) is 0 Å². The van der Waals surface area contributed by atoms with Crippen molar-refractivity contribution in [2.75, 3.05) is 0 Å². The van der Waals surface area contributed by atoms with Crippen molar-refractivity contribution in [3.05, 3.63) is 138 Å². The van der Waals surface area contributed by atoms with E-state index in [1.54, 1.807) is 0 Å². The maximum Gasteiger partial charge on any atom is 0.0614 e. The number of nitrogens with zero attached hydrogens (tertiary/aromatic N) is 3. The number of aryl methyl sites for hydroxylation is 3. The van der Waals surface area contributed by atoms with Gasteiger partial charge < -0.3 is 13.7 Å². The van der Waals surface area contributed by atoms with Crippen molar-refractivity contribution in [2.45, 2.75) is 233 Å². The highest BCUT2D eigenvalue weighted by Gasteiger charge is 2.28. The summed E-state index contributed by atoms with van der Waals surface area (Å²) in [5.41, 5.74) is 12.3. The molecule has 0 N–H and O–H groups in total. The predicted molar refractivity (Wildman–Crippen MR) is 381 cm³/mol. The third-order valence-corrected chi connectivity index (χ3v) is 20.6. The zero-order valence-electron chi connectivity index (χ0n) is 51.8. The van der Waals surface area contributed by atoms with Crippen molar-refractivity contribution < 1.29 is 0 Å². The minimum absolute atomic E-state index is 1.01. The molecular weight excluding hydrogens is 1080 g/mol. The summed E-state index contributed by atoms with van der Waals surface area (Å²) in [5.74, 6) is 0. The van der Waals surface area contributed by atoms with E-state index in [0.29, 0.717) is 0 Å². The molecule has 0 saturated carbocycles. The molecule has 0 spiro atoms. The van der Waals surface area contributed by atoms with Crippen molar-refractivity contribution in [3.63, 3.8) is 0 Å². The van der Waals surface area contributed by atoms with Crippen molar-refractivity contribution in [2.24, 2.45) is 0 Å². The van der Waals surface area contributed by atoms with E-state index in [-0.39, 0.29) is 0 Å². The van der Waals surface area contributed by atoms with Crippen LogP contribution in [0.3, 0.4) is 0 Å². The molecule has 3 nitrogen and oxygen atoms in total. The normalized spacial score (nSPS) is 12.5. The minimum Gasteiger partial charge on any atom is -0.340 e. The summed E-state index contributed by atoms with van der Waals surface area (Å²) in [5, 5.41) is 15.1. The molecule has 444 valence electrons. The number of thiophene rings is 3. The topological polar surface area (TPSA) is 14.8 Å². The molecule has 10 rings (SSSR count). The third kappa shape index (κ3) is 16.0. The second kappa shape index (κ2) is 32.9. The molecule has 0 aliphatic carbocycles. The van der Waals surface area contributed by atoms with Crippen molar-refractivity contribution in [3.8, 4) is 0 Å². The van der Waals surface area contributed by atoms with Crippen LogP contribution >= 0.6 is 34.0 Å². The SMILES string of the molecule is CCCCCCCCCCCCn1c2ccc(/C=C/c3cccs3)cc2c2c1c1c3cc(/C=C/c4cccs4)ccc3n(CCCCCCCCCCCC)c1c1c3cc(/C=C/c4cccs4)ccc3n(CCCCCCCCCCCC)c21. The Morgan fingerprint density at radius 3 is 0.774 bits per heavy atom. The molecule has 6 heteroatoms. The number of hydrogen-bond donors (Lipinski definition) is 0. The van der Waals surface area contributed by atoms with Crippen LogP contribution in [0.2, 0.25) is 0 Å². The molecule has 0 radical (unpaired) electrons. The Labute approximate surface area is 517 Å². The molecule has 4 aromatic carbocycles. The molecule has 0 aliphatic heterocycles. The largest absolute Gasteiger partial charge is 0.340 e. The van der Waals surface area contributed by atoms with E-state index < -0.39 is 0 Å². The van der Waals surface area contributed by atoms with E-state index in [4.69, 9.17) is 0 Å². The molecule has 0 saturated heterocycles. The maximum atomic E-state index is 2.83. The number of rotatable bonds is 39. The first-order valence-electron chi connectivity index (χ1n) is 33.8. The van der Waals surface area contributed by atoms with Gasteiger partial charge in [0.1, 0.15) is 0 Å². The summed E-state index contributed by atoms with van der Waals surface area (Å²) in [6.45, 7) is 10.0. The number of unbranched alkanes of at least 4 members (excludes halogenated alkanes) is 27. The highest BCUT2D eigenvalue weighted by molar-refractivity contribution is 7.11. The first-order chi connectivity index (χ1) is 41.6. The van der Waals surface area contributed by atoms with E-state index in [9.17, 15) is 0 Å². The molecule has 0 fully saturated rings. The van der Waals surface area contributed by atoms with E-state index in [2.05, 4.69) is 178 Å². The van der Waals surface area contributed by atoms with E-state index in [1.165, 1.54) is 289 Å². The van der Waals surface area contributed by atoms with Crippen LogP contribution in [0.5, 0.6) is 0 Å². The lowest BCUT2D eigenvalue weighted by atomic mass is 10.00. The fraction of sp³-hybridized carbons (Fsp3) is 0.462. The van der Waals surface area contributed by atoms with E-state index in [0.717, 1.165) is 19.6 Å². The van der Waals surface area contributed by atoms with E-state index >= 15 is 0 Å². The average Bonchev–Trinajstić information content (AvgIpc) is 1.80. The predicted octanol–water partition coefficient (Wildman–Crippen LogP) is 26.5. The monoisotopic (exact) mass is 1170 g/mol. The summed E-state index contributed by atoms with van der Waals surface area (Å²) in [4.78, 5) is 3.88. The van der Waals surface area contributed by atoms with Gasteiger partial charge in [0, 0.05) is 83.1 Å². The molecular formula is C78H99N3S3. The second-order valence-electron chi connectivity index (χ2n) is 24.5. The van der Waals surface area contributed by atoms with Crippen molar-refractivity contribution in [1.29, 1.82) is 0 Å². The Morgan fingerprint density at radius 2 is 0.536 bits per heavy atom. The first kappa shape index (κ1) is 61.7. The summed E-state index contributed by atoms with van der Waals surface area (Å²) in [6.07, 6.45) is 54.1. The van der Waals surface area contributed by atoms with Crippen LogP contribution in [-0.4, -0.2) is 13.7 Å². The van der Waals surface area contributed by atoms with Gasteiger partial charge in [-0.05, 0) is 125 Å². The zero-order valence-corrected chi connectivity index (χ0v) is 54.2. The highest BCUT2D eigenvalue weighted by atomic mass is 32.1. The fourth-order valence-corrected chi connectivity index (χ4v) is 15.4. The van der Waals surface area contributed by atoms with Crippen molar-refractivity contribution in [1.82, 2.24) is 13.7 Å². The minimum atomic E-state index is 1.01. The molecule has 84 heavy (non-hydrogen) atoms. The molecule has 0 unspecified atom stereocenters. The zero-order chi connectivity index (χ0) is 57.6. The molecule has 6 heterocycles. The van der Waals surface area contributed by atoms with Gasteiger partial charge in [-0.3, -0.25) is 0 Å². The number of hydrogen-bond acceptors (Lipinski definition) is 3. The molecule has 10 aromatic rings. The van der Waals surface area contributed by atoms with Crippen LogP contribution in [0.1, 0.15) is 245 Å². The molecule has 0 atom stereocenters. The Kier molecular flexibility index (Phi) is 24.2. The van der Waals surface area contributed by atoms with Crippen LogP contribution in [0.15, 0.2) is 107 Å². The summed E-state index contributed by atoms with van der Waals surface area (Å²) < 4.78 is 8.50. The van der Waals surface area contributed by atoms with Crippen molar-refractivity contribution >= 4 is 136 Å². The first-order valence-corrected chi connectivity index (χ1v) is 36.4. The Balaban J connectivity index is 1.17. The van der Waals surface area contributed by atoms with Gasteiger partial charge in [0.25, 0.3) is 0 Å². The summed E-state index contributed by atoms with van der Waals surface area (Å²) in [6, 6.07) is 35.6. The van der Waals surface area contributed by atoms with Gasteiger partial charge >= 0.3 is 0 Å². The Hall–Kier alpha value is -5.40. The Morgan fingerprint density at radius 1 is 0.286 bits per heavy atom. The number of fused-ring (bicyclic) bond motifs is 12. The van der Waals surface area contributed by atoms with Crippen LogP contribution in [0, 0.1) is 0 Å². The van der Waals surface area contributed by atoms with Crippen LogP contribution < -0.4 is 0 Å². The van der Waals surface area contributed by atoms with Gasteiger partial charge in [-0.25, -0.2) is 0 Å². The third-order valence-electron chi connectivity index (χ3n) is 18.1. The van der Waals surface area contributed by atoms with Gasteiger partial charge in [-0.1, -0.05) is 249 Å². The number of aromatic nitrogens is 3. The van der Waals surface area contributed by atoms with Gasteiger partial charge in [0.05, 0.1) is 16.6 Å². The average molecular weight is 1170 g/mol.